The lowest BCUT2D eigenvalue weighted by Gasteiger charge is -2.28. The van der Waals surface area contributed by atoms with Gasteiger partial charge in [-0.3, -0.25) is 0 Å². The van der Waals surface area contributed by atoms with E-state index < -0.39 is 5.66 Å². The van der Waals surface area contributed by atoms with Crippen molar-refractivity contribution in [1.29, 1.82) is 0 Å². The van der Waals surface area contributed by atoms with E-state index in [9.17, 15) is 4.91 Å². The minimum Gasteiger partial charge on any atom is -0.314 e. The third kappa shape index (κ3) is 1.33. The van der Waals surface area contributed by atoms with Crippen molar-refractivity contribution in [3.63, 3.8) is 0 Å². The first-order chi connectivity index (χ1) is 4.83. The number of hydrogen-bond acceptors (Lipinski definition) is 4. The molecule has 58 valence electrons. The van der Waals surface area contributed by atoms with Crippen LogP contribution in [0, 0.1) is 4.91 Å². The summed E-state index contributed by atoms with van der Waals surface area (Å²) in [7, 11) is 0. The summed E-state index contributed by atoms with van der Waals surface area (Å²) in [6, 6.07) is 0. The molecule has 2 N–H and O–H groups in total. The maximum atomic E-state index is 10.2. The molecule has 0 aromatic carbocycles. The smallest absolute Gasteiger partial charge is 0.174 e. The zero-order chi connectivity index (χ0) is 7.45. The summed E-state index contributed by atoms with van der Waals surface area (Å²) in [6.07, 6.45) is 4.40. The number of nitroso groups, excluding NO2 is 1. The molecule has 10 heavy (non-hydrogen) atoms. The Labute approximate surface area is 59.6 Å². The highest BCUT2D eigenvalue weighted by Gasteiger charge is 2.32. The van der Waals surface area contributed by atoms with Gasteiger partial charge >= 0.3 is 0 Å². The lowest BCUT2D eigenvalue weighted by Crippen LogP contribution is -2.42. The van der Waals surface area contributed by atoms with Crippen molar-refractivity contribution in [1.82, 2.24) is 5.48 Å². The second kappa shape index (κ2) is 3.07. The summed E-state index contributed by atoms with van der Waals surface area (Å²) in [6.45, 7) is 0. The van der Waals surface area contributed by atoms with E-state index in [0.717, 1.165) is 19.3 Å². The first kappa shape index (κ1) is 7.63. The van der Waals surface area contributed by atoms with Crippen molar-refractivity contribution in [3.8, 4) is 0 Å². The van der Waals surface area contributed by atoms with Crippen molar-refractivity contribution in [2.24, 2.45) is 5.18 Å². The Bertz CT molecular complexity index is 121. The molecule has 1 aliphatic rings. The van der Waals surface area contributed by atoms with Gasteiger partial charge in [0.1, 0.15) is 0 Å². The first-order valence-electron chi connectivity index (χ1n) is 3.59. The molecule has 0 unspecified atom stereocenters. The van der Waals surface area contributed by atoms with Crippen LogP contribution in [0.3, 0.4) is 0 Å². The van der Waals surface area contributed by atoms with Crippen LogP contribution in [-0.4, -0.2) is 10.9 Å². The van der Waals surface area contributed by atoms with E-state index in [1.165, 1.54) is 0 Å². The van der Waals surface area contributed by atoms with E-state index >= 15 is 0 Å². The Morgan fingerprint density at radius 2 is 1.90 bits per heavy atom. The lowest BCUT2D eigenvalue weighted by molar-refractivity contribution is 0.0409. The first-order valence-corrected chi connectivity index (χ1v) is 3.59. The second-order valence-corrected chi connectivity index (χ2v) is 2.80. The van der Waals surface area contributed by atoms with Crippen LogP contribution in [0.1, 0.15) is 32.1 Å². The molecule has 1 aliphatic carbocycles. The number of hydroxylamine groups is 1. The molecule has 0 aromatic rings. The third-order valence-corrected chi connectivity index (χ3v) is 2.06. The Morgan fingerprint density at radius 1 is 1.30 bits per heavy atom. The van der Waals surface area contributed by atoms with Crippen molar-refractivity contribution >= 4 is 0 Å². The van der Waals surface area contributed by atoms with Crippen LogP contribution >= 0.6 is 0 Å². The number of hydrogen-bond donors (Lipinski definition) is 2. The maximum absolute atomic E-state index is 10.2. The maximum Gasteiger partial charge on any atom is 0.174 e. The Morgan fingerprint density at radius 3 is 2.20 bits per heavy atom. The SMILES string of the molecule is O=NC1(NO)CCCCC1. The fourth-order valence-electron chi connectivity index (χ4n) is 1.36. The molecule has 4 heteroatoms. The minimum absolute atomic E-state index is 0.660. The number of nitrogens with zero attached hydrogens (tertiary/aromatic N) is 1. The predicted octanol–water partition coefficient (Wildman–Crippen LogP) is 1.39. The molecular formula is C6H12N2O2. The standard InChI is InChI=1S/C6H12N2O2/c9-7-6(8-10)4-2-1-3-5-6/h7,9H,1-5H2. The largest absolute Gasteiger partial charge is 0.314 e. The van der Waals surface area contributed by atoms with Crippen LogP contribution in [0.5, 0.6) is 0 Å². The monoisotopic (exact) mass is 144 g/mol. The molecule has 4 nitrogen and oxygen atoms in total. The lowest BCUT2D eigenvalue weighted by atomic mass is 9.90. The summed E-state index contributed by atoms with van der Waals surface area (Å²) < 4.78 is 0. The number of rotatable bonds is 2. The van der Waals surface area contributed by atoms with E-state index in [2.05, 4.69) is 5.18 Å². The van der Waals surface area contributed by atoms with E-state index in [4.69, 9.17) is 5.21 Å². The molecule has 0 aliphatic heterocycles. The summed E-state index contributed by atoms with van der Waals surface area (Å²) in [5.41, 5.74) is 1.13. The van der Waals surface area contributed by atoms with Crippen LogP contribution in [0.25, 0.3) is 0 Å². The van der Waals surface area contributed by atoms with Crippen molar-refractivity contribution in [2.45, 2.75) is 37.8 Å². The molecule has 0 aromatic heterocycles. The molecule has 0 bridgehead atoms. The average Bonchev–Trinajstić information content (AvgIpc) is 2.06. The van der Waals surface area contributed by atoms with Crippen LogP contribution in [0.4, 0.5) is 0 Å². The van der Waals surface area contributed by atoms with E-state index in [1.54, 1.807) is 0 Å². The molecule has 1 saturated carbocycles. The van der Waals surface area contributed by atoms with Crippen LogP contribution in [-0.2, 0) is 0 Å². The van der Waals surface area contributed by atoms with E-state index in [0.29, 0.717) is 12.8 Å². The van der Waals surface area contributed by atoms with Crippen LogP contribution in [0.15, 0.2) is 5.18 Å². The fraction of sp³-hybridized carbons (Fsp3) is 1.00. The average molecular weight is 144 g/mol. The van der Waals surface area contributed by atoms with Gasteiger partial charge in [-0.15, -0.1) is 4.91 Å². The van der Waals surface area contributed by atoms with Crippen LogP contribution in [0.2, 0.25) is 0 Å². The van der Waals surface area contributed by atoms with Crippen molar-refractivity contribution < 1.29 is 5.21 Å². The van der Waals surface area contributed by atoms with Gasteiger partial charge in [0, 0.05) is 0 Å². The van der Waals surface area contributed by atoms with E-state index in [1.807, 2.05) is 5.48 Å². The summed E-state index contributed by atoms with van der Waals surface area (Å²) >= 11 is 0. The molecular weight excluding hydrogens is 132 g/mol. The zero-order valence-corrected chi connectivity index (χ0v) is 5.84. The normalized spacial score (nSPS) is 24.1. The third-order valence-electron chi connectivity index (χ3n) is 2.06. The predicted molar refractivity (Wildman–Crippen MR) is 36.5 cm³/mol. The van der Waals surface area contributed by atoms with Gasteiger partial charge in [-0.1, -0.05) is 6.42 Å². The van der Waals surface area contributed by atoms with Gasteiger partial charge in [-0.25, -0.2) is 0 Å². The molecule has 0 spiro atoms. The summed E-state index contributed by atoms with van der Waals surface area (Å²) in [5, 5.41) is 11.5. The van der Waals surface area contributed by atoms with Gasteiger partial charge < -0.3 is 5.21 Å². The molecule has 0 heterocycles. The highest BCUT2D eigenvalue weighted by molar-refractivity contribution is 4.84. The van der Waals surface area contributed by atoms with Crippen molar-refractivity contribution in [3.05, 3.63) is 4.91 Å². The molecule has 1 fully saturated rings. The Balaban J connectivity index is 2.52. The molecule has 0 saturated heterocycles. The highest BCUT2D eigenvalue weighted by atomic mass is 16.5. The van der Waals surface area contributed by atoms with Crippen molar-refractivity contribution in [2.75, 3.05) is 0 Å². The zero-order valence-electron chi connectivity index (χ0n) is 5.84. The van der Waals surface area contributed by atoms with Gasteiger partial charge in [0.25, 0.3) is 0 Å². The second-order valence-electron chi connectivity index (χ2n) is 2.80. The minimum atomic E-state index is -0.863. The summed E-state index contributed by atoms with van der Waals surface area (Å²) in [4.78, 5) is 10.2. The topological polar surface area (TPSA) is 61.7 Å². The molecule has 1 rings (SSSR count). The molecule has 0 atom stereocenters. The summed E-state index contributed by atoms with van der Waals surface area (Å²) in [5.74, 6) is 0. The van der Waals surface area contributed by atoms with Crippen LogP contribution < -0.4 is 5.48 Å². The van der Waals surface area contributed by atoms with Gasteiger partial charge in [0.05, 0.1) is 0 Å². The van der Waals surface area contributed by atoms with Gasteiger partial charge in [0.2, 0.25) is 0 Å². The van der Waals surface area contributed by atoms with Gasteiger partial charge in [0.15, 0.2) is 5.66 Å². The Kier molecular flexibility index (Phi) is 2.34. The van der Waals surface area contributed by atoms with Gasteiger partial charge in [-0.05, 0) is 30.9 Å². The van der Waals surface area contributed by atoms with Gasteiger partial charge in [-0.2, -0.15) is 5.48 Å². The molecule has 0 amide bonds. The fourth-order valence-corrected chi connectivity index (χ4v) is 1.36. The van der Waals surface area contributed by atoms with E-state index in [-0.39, 0.29) is 0 Å². The number of nitrogens with one attached hydrogen (secondary N) is 1. The Hall–Kier alpha value is -0.480. The quantitative estimate of drug-likeness (QED) is 0.454. The molecule has 0 radical (unpaired) electrons. The highest BCUT2D eigenvalue weighted by Crippen LogP contribution is 2.28.